The molecule has 2 N–H and O–H groups in total. The summed E-state index contributed by atoms with van der Waals surface area (Å²) >= 11 is 1.61. The monoisotopic (exact) mass is 312 g/mol. The third kappa shape index (κ3) is 3.84. The minimum absolute atomic E-state index is 0.0381. The van der Waals surface area contributed by atoms with Gasteiger partial charge in [0.1, 0.15) is 0 Å². The summed E-state index contributed by atoms with van der Waals surface area (Å²) in [4.78, 5) is 5.48. The van der Waals surface area contributed by atoms with Gasteiger partial charge in [-0.2, -0.15) is 0 Å². The van der Waals surface area contributed by atoms with E-state index in [1.54, 1.807) is 11.3 Å². The molecule has 0 amide bonds. The van der Waals surface area contributed by atoms with Crippen molar-refractivity contribution in [1.82, 2.24) is 10.3 Å². The van der Waals surface area contributed by atoms with Crippen molar-refractivity contribution in [2.75, 3.05) is 6.54 Å². The first-order chi connectivity index (χ1) is 9.88. The Morgan fingerprint density at radius 1 is 1.29 bits per heavy atom. The lowest BCUT2D eigenvalue weighted by Gasteiger charge is -2.17. The highest BCUT2D eigenvalue weighted by molar-refractivity contribution is 7.11. The molecule has 21 heavy (non-hydrogen) atoms. The van der Waals surface area contributed by atoms with Gasteiger partial charge >= 0.3 is 0 Å². The quantitative estimate of drug-likeness (QED) is 0.889. The topological polar surface area (TPSA) is 45.2 Å². The standard InChI is InChI=1S/C15H18F2N2OS/c1-8(15-9(2)19-10(3)21-15)18-7-14(20)11-4-5-12(16)13(17)6-11/h4-6,8,14,18,20H,7H2,1-3H3. The van der Waals surface area contributed by atoms with Crippen LogP contribution in [0.25, 0.3) is 0 Å². The van der Waals surface area contributed by atoms with E-state index in [-0.39, 0.29) is 12.6 Å². The first-order valence-corrected chi connectivity index (χ1v) is 7.50. The van der Waals surface area contributed by atoms with Crippen LogP contribution in [0.5, 0.6) is 0 Å². The molecule has 3 nitrogen and oxygen atoms in total. The number of thiazole rings is 1. The molecule has 2 atom stereocenters. The molecule has 1 aromatic carbocycles. The number of benzene rings is 1. The van der Waals surface area contributed by atoms with E-state index >= 15 is 0 Å². The molecule has 0 spiro atoms. The van der Waals surface area contributed by atoms with Crippen LogP contribution in [0.3, 0.4) is 0 Å². The SMILES string of the molecule is Cc1nc(C)c(C(C)NCC(O)c2ccc(F)c(F)c2)s1. The fourth-order valence-electron chi connectivity index (χ4n) is 2.17. The summed E-state index contributed by atoms with van der Waals surface area (Å²) in [5.41, 5.74) is 1.32. The van der Waals surface area contributed by atoms with E-state index in [0.717, 1.165) is 27.7 Å². The average Bonchev–Trinajstić information content (AvgIpc) is 2.77. The highest BCUT2D eigenvalue weighted by Gasteiger charge is 2.16. The van der Waals surface area contributed by atoms with Crippen molar-refractivity contribution in [3.63, 3.8) is 0 Å². The number of hydrogen-bond acceptors (Lipinski definition) is 4. The van der Waals surface area contributed by atoms with Gasteiger partial charge in [-0.3, -0.25) is 0 Å². The van der Waals surface area contributed by atoms with Crippen LogP contribution in [0.4, 0.5) is 8.78 Å². The van der Waals surface area contributed by atoms with Crippen LogP contribution in [0.15, 0.2) is 18.2 Å². The summed E-state index contributed by atoms with van der Waals surface area (Å²) in [6.45, 7) is 6.13. The smallest absolute Gasteiger partial charge is 0.159 e. The summed E-state index contributed by atoms with van der Waals surface area (Å²) in [6, 6.07) is 3.47. The van der Waals surface area contributed by atoms with Crippen molar-refractivity contribution in [2.45, 2.75) is 32.9 Å². The first-order valence-electron chi connectivity index (χ1n) is 6.68. The van der Waals surface area contributed by atoms with Gasteiger partial charge in [-0.25, -0.2) is 13.8 Å². The molecule has 0 saturated carbocycles. The fourth-order valence-corrected chi connectivity index (χ4v) is 3.12. The van der Waals surface area contributed by atoms with E-state index in [2.05, 4.69) is 10.3 Å². The Labute approximate surface area is 126 Å². The van der Waals surface area contributed by atoms with E-state index in [9.17, 15) is 13.9 Å². The summed E-state index contributed by atoms with van der Waals surface area (Å²) in [5, 5.41) is 14.2. The summed E-state index contributed by atoms with van der Waals surface area (Å²) < 4.78 is 26.0. The second-order valence-electron chi connectivity index (χ2n) is 5.00. The molecule has 0 saturated heterocycles. The van der Waals surface area contributed by atoms with Crippen molar-refractivity contribution in [3.05, 3.63) is 51.0 Å². The first kappa shape index (κ1) is 16.0. The second-order valence-corrected chi connectivity index (χ2v) is 6.24. The number of aliphatic hydroxyl groups excluding tert-OH is 1. The van der Waals surface area contributed by atoms with Crippen LogP contribution in [0.1, 0.15) is 40.2 Å². The number of halogens is 2. The molecule has 0 radical (unpaired) electrons. The molecule has 0 bridgehead atoms. The summed E-state index contributed by atoms with van der Waals surface area (Å²) in [6.07, 6.45) is -0.892. The Kier molecular flexibility index (Phi) is 5.03. The number of aryl methyl sites for hydroxylation is 2. The molecule has 0 aliphatic carbocycles. The Balaban J connectivity index is 1.98. The number of aromatic nitrogens is 1. The molecule has 1 aromatic heterocycles. The maximum atomic E-state index is 13.1. The molecule has 0 aliphatic heterocycles. The Hall–Kier alpha value is -1.37. The molecule has 2 aromatic rings. The van der Waals surface area contributed by atoms with Gasteiger partial charge < -0.3 is 10.4 Å². The lowest BCUT2D eigenvalue weighted by molar-refractivity contribution is 0.170. The number of nitrogens with zero attached hydrogens (tertiary/aromatic N) is 1. The van der Waals surface area contributed by atoms with Crippen molar-refractivity contribution in [1.29, 1.82) is 0 Å². The Morgan fingerprint density at radius 3 is 2.57 bits per heavy atom. The zero-order valence-electron chi connectivity index (χ0n) is 12.2. The zero-order valence-corrected chi connectivity index (χ0v) is 13.0. The predicted octanol–water partition coefficient (Wildman–Crippen LogP) is 3.42. The van der Waals surface area contributed by atoms with Crippen LogP contribution < -0.4 is 5.32 Å². The second kappa shape index (κ2) is 6.60. The third-order valence-electron chi connectivity index (χ3n) is 3.28. The van der Waals surface area contributed by atoms with E-state index < -0.39 is 17.7 Å². The highest BCUT2D eigenvalue weighted by atomic mass is 32.1. The number of rotatable bonds is 5. The van der Waals surface area contributed by atoms with Crippen LogP contribution >= 0.6 is 11.3 Å². The molecule has 2 rings (SSSR count). The van der Waals surface area contributed by atoms with Gasteiger partial charge in [0.05, 0.1) is 16.8 Å². The molecular weight excluding hydrogens is 294 g/mol. The van der Waals surface area contributed by atoms with Crippen LogP contribution in [0.2, 0.25) is 0 Å². The lowest BCUT2D eigenvalue weighted by Crippen LogP contribution is -2.24. The van der Waals surface area contributed by atoms with Crippen molar-refractivity contribution >= 4 is 11.3 Å². The van der Waals surface area contributed by atoms with Crippen LogP contribution in [-0.4, -0.2) is 16.6 Å². The van der Waals surface area contributed by atoms with Gasteiger partial charge in [-0.15, -0.1) is 11.3 Å². The van der Waals surface area contributed by atoms with Crippen molar-refractivity contribution in [2.24, 2.45) is 0 Å². The highest BCUT2D eigenvalue weighted by Crippen LogP contribution is 2.25. The molecule has 6 heteroatoms. The van der Waals surface area contributed by atoms with E-state index in [1.165, 1.54) is 6.07 Å². The maximum Gasteiger partial charge on any atom is 0.159 e. The molecule has 114 valence electrons. The number of aliphatic hydroxyl groups is 1. The Bertz CT molecular complexity index is 630. The molecular formula is C15H18F2N2OS. The predicted molar refractivity (Wildman–Crippen MR) is 79.3 cm³/mol. The number of nitrogens with one attached hydrogen (secondary N) is 1. The number of hydrogen-bond donors (Lipinski definition) is 2. The summed E-state index contributed by atoms with van der Waals surface area (Å²) in [5.74, 6) is -1.86. The van der Waals surface area contributed by atoms with Crippen molar-refractivity contribution in [3.8, 4) is 0 Å². The van der Waals surface area contributed by atoms with Gasteiger partial charge in [0.15, 0.2) is 11.6 Å². The van der Waals surface area contributed by atoms with Gasteiger partial charge in [0, 0.05) is 17.5 Å². The van der Waals surface area contributed by atoms with E-state index in [0.29, 0.717) is 5.56 Å². The van der Waals surface area contributed by atoms with Crippen molar-refractivity contribution < 1.29 is 13.9 Å². The normalized spacial score (nSPS) is 14.2. The lowest BCUT2D eigenvalue weighted by atomic mass is 10.1. The molecule has 0 aliphatic rings. The molecule has 2 unspecified atom stereocenters. The van der Waals surface area contributed by atoms with E-state index in [4.69, 9.17) is 0 Å². The van der Waals surface area contributed by atoms with Crippen LogP contribution in [-0.2, 0) is 0 Å². The van der Waals surface area contributed by atoms with Gasteiger partial charge in [-0.1, -0.05) is 6.07 Å². The molecule has 0 fully saturated rings. The minimum Gasteiger partial charge on any atom is -0.387 e. The largest absolute Gasteiger partial charge is 0.387 e. The van der Waals surface area contributed by atoms with Gasteiger partial charge in [0.25, 0.3) is 0 Å². The third-order valence-corrected chi connectivity index (χ3v) is 4.53. The minimum atomic E-state index is -0.950. The maximum absolute atomic E-state index is 13.1. The molecule has 1 heterocycles. The van der Waals surface area contributed by atoms with Gasteiger partial charge in [0.2, 0.25) is 0 Å². The Morgan fingerprint density at radius 2 is 2.00 bits per heavy atom. The van der Waals surface area contributed by atoms with Gasteiger partial charge in [-0.05, 0) is 38.5 Å². The van der Waals surface area contributed by atoms with E-state index in [1.807, 2.05) is 20.8 Å². The summed E-state index contributed by atoms with van der Waals surface area (Å²) in [7, 11) is 0. The van der Waals surface area contributed by atoms with Crippen LogP contribution in [0, 0.1) is 25.5 Å². The fraction of sp³-hybridized carbons (Fsp3) is 0.400. The average molecular weight is 312 g/mol. The zero-order chi connectivity index (χ0) is 15.6.